The zero-order chi connectivity index (χ0) is 20.5. The molecule has 0 aliphatic heterocycles. The lowest BCUT2D eigenvalue weighted by molar-refractivity contribution is -0.112. The number of amides is 1. The Labute approximate surface area is 164 Å². The Morgan fingerprint density at radius 1 is 1.11 bits per heavy atom. The minimum absolute atomic E-state index is 0.0348. The second-order valence-corrected chi connectivity index (χ2v) is 6.16. The van der Waals surface area contributed by atoms with Crippen LogP contribution in [-0.2, 0) is 9.53 Å². The van der Waals surface area contributed by atoms with Crippen molar-refractivity contribution in [2.75, 3.05) is 11.9 Å². The summed E-state index contributed by atoms with van der Waals surface area (Å²) in [5, 5.41) is 12.0. The highest BCUT2D eigenvalue weighted by Crippen LogP contribution is 2.16. The van der Waals surface area contributed by atoms with Crippen molar-refractivity contribution in [2.24, 2.45) is 0 Å². The normalized spacial score (nSPS) is 10.9. The van der Waals surface area contributed by atoms with E-state index in [0.29, 0.717) is 23.4 Å². The van der Waals surface area contributed by atoms with Gasteiger partial charge in [-0.15, -0.1) is 0 Å². The molecule has 6 nitrogen and oxygen atoms in total. The molecule has 0 unspecified atom stereocenters. The lowest BCUT2D eigenvalue weighted by Crippen LogP contribution is -2.14. The summed E-state index contributed by atoms with van der Waals surface area (Å²) in [6, 6.07) is 15.3. The van der Waals surface area contributed by atoms with Gasteiger partial charge in [-0.1, -0.05) is 12.1 Å². The average Bonchev–Trinajstić information content (AvgIpc) is 2.67. The zero-order valence-corrected chi connectivity index (χ0v) is 16.1. The van der Waals surface area contributed by atoms with E-state index in [4.69, 9.17) is 9.47 Å². The third kappa shape index (κ3) is 5.99. The number of nitrogens with zero attached hydrogens (tertiary/aromatic N) is 1. The summed E-state index contributed by atoms with van der Waals surface area (Å²) in [5.41, 5.74) is 1.53. The van der Waals surface area contributed by atoms with Crippen LogP contribution in [0.1, 0.15) is 36.7 Å². The van der Waals surface area contributed by atoms with Crippen molar-refractivity contribution in [1.29, 1.82) is 5.26 Å². The molecule has 6 heteroatoms. The fourth-order valence-corrected chi connectivity index (χ4v) is 2.31. The predicted molar refractivity (Wildman–Crippen MR) is 107 cm³/mol. The Hall–Kier alpha value is -3.59. The monoisotopic (exact) mass is 378 g/mol. The fourth-order valence-electron chi connectivity index (χ4n) is 2.31. The molecule has 0 aromatic heterocycles. The maximum Gasteiger partial charge on any atom is 0.338 e. The Kier molecular flexibility index (Phi) is 7.35. The van der Waals surface area contributed by atoms with Gasteiger partial charge in [0.2, 0.25) is 0 Å². The molecule has 0 aliphatic rings. The van der Waals surface area contributed by atoms with E-state index in [2.05, 4.69) is 5.32 Å². The number of anilines is 1. The minimum atomic E-state index is -0.533. The van der Waals surface area contributed by atoms with Crippen LogP contribution >= 0.6 is 0 Å². The third-order valence-corrected chi connectivity index (χ3v) is 3.59. The second-order valence-electron chi connectivity index (χ2n) is 6.16. The van der Waals surface area contributed by atoms with Gasteiger partial charge >= 0.3 is 5.97 Å². The summed E-state index contributed by atoms with van der Waals surface area (Å²) >= 11 is 0. The van der Waals surface area contributed by atoms with Crippen LogP contribution in [0.3, 0.4) is 0 Å². The molecule has 28 heavy (non-hydrogen) atoms. The van der Waals surface area contributed by atoms with Gasteiger partial charge in [-0.2, -0.15) is 5.26 Å². The van der Waals surface area contributed by atoms with Crippen molar-refractivity contribution in [3.05, 3.63) is 65.2 Å². The Morgan fingerprint density at radius 2 is 1.75 bits per heavy atom. The molecule has 0 spiro atoms. The van der Waals surface area contributed by atoms with Gasteiger partial charge < -0.3 is 14.8 Å². The van der Waals surface area contributed by atoms with Crippen molar-refractivity contribution < 1.29 is 19.1 Å². The van der Waals surface area contributed by atoms with Gasteiger partial charge in [0.25, 0.3) is 5.91 Å². The van der Waals surface area contributed by atoms with Crippen LogP contribution in [0.4, 0.5) is 5.69 Å². The second kappa shape index (κ2) is 9.93. The molecule has 2 aromatic carbocycles. The van der Waals surface area contributed by atoms with E-state index in [1.165, 1.54) is 6.08 Å². The quantitative estimate of drug-likeness (QED) is 0.443. The van der Waals surface area contributed by atoms with Gasteiger partial charge in [0.15, 0.2) is 0 Å². The molecule has 0 aliphatic carbocycles. The fraction of sp³-hybridized carbons (Fsp3) is 0.227. The molecular weight excluding hydrogens is 356 g/mol. The van der Waals surface area contributed by atoms with Crippen LogP contribution < -0.4 is 10.1 Å². The molecular formula is C22H22N2O4. The molecule has 0 heterocycles. The van der Waals surface area contributed by atoms with Crippen LogP contribution in [-0.4, -0.2) is 24.6 Å². The van der Waals surface area contributed by atoms with Gasteiger partial charge in [0, 0.05) is 5.69 Å². The average molecular weight is 378 g/mol. The minimum Gasteiger partial charge on any atom is -0.494 e. The van der Waals surface area contributed by atoms with Crippen LogP contribution in [0.25, 0.3) is 6.08 Å². The van der Waals surface area contributed by atoms with Gasteiger partial charge in [-0.05, 0) is 68.8 Å². The molecule has 0 fully saturated rings. The Morgan fingerprint density at radius 3 is 2.29 bits per heavy atom. The van der Waals surface area contributed by atoms with E-state index in [-0.39, 0.29) is 11.7 Å². The van der Waals surface area contributed by atoms with E-state index < -0.39 is 11.9 Å². The van der Waals surface area contributed by atoms with E-state index in [9.17, 15) is 14.9 Å². The van der Waals surface area contributed by atoms with Gasteiger partial charge in [-0.3, -0.25) is 4.79 Å². The van der Waals surface area contributed by atoms with E-state index >= 15 is 0 Å². The smallest absolute Gasteiger partial charge is 0.338 e. The number of ether oxygens (including phenoxy) is 2. The van der Waals surface area contributed by atoms with Crippen molar-refractivity contribution >= 4 is 23.6 Å². The number of esters is 1. The van der Waals surface area contributed by atoms with Crippen molar-refractivity contribution in [2.45, 2.75) is 26.9 Å². The third-order valence-electron chi connectivity index (χ3n) is 3.59. The molecule has 2 rings (SSSR count). The zero-order valence-electron chi connectivity index (χ0n) is 16.1. The summed E-state index contributed by atoms with van der Waals surface area (Å²) in [4.78, 5) is 24.2. The highest BCUT2D eigenvalue weighted by atomic mass is 16.5. The number of nitrogens with one attached hydrogen (secondary N) is 1. The van der Waals surface area contributed by atoms with Crippen LogP contribution in [0.5, 0.6) is 5.75 Å². The van der Waals surface area contributed by atoms with Crippen LogP contribution in [0.2, 0.25) is 0 Å². The molecule has 0 saturated heterocycles. The summed E-state index contributed by atoms with van der Waals surface area (Å²) in [6.07, 6.45) is 1.29. The predicted octanol–water partition coefficient (Wildman–Crippen LogP) is 4.20. The van der Waals surface area contributed by atoms with Crippen LogP contribution in [0, 0.1) is 11.3 Å². The van der Waals surface area contributed by atoms with Gasteiger partial charge in [0.05, 0.1) is 18.3 Å². The summed E-state index contributed by atoms with van der Waals surface area (Å²) in [6.45, 7) is 6.00. The summed E-state index contributed by atoms with van der Waals surface area (Å²) < 4.78 is 10.5. The highest BCUT2D eigenvalue weighted by Gasteiger charge is 2.12. The van der Waals surface area contributed by atoms with Gasteiger partial charge in [-0.25, -0.2) is 4.79 Å². The molecule has 1 amide bonds. The Bertz CT molecular complexity index is 892. The Balaban J connectivity index is 2.07. The number of carbonyl (C=O) groups excluding carboxylic acids is 2. The first-order valence-electron chi connectivity index (χ1n) is 8.90. The largest absolute Gasteiger partial charge is 0.494 e. The summed E-state index contributed by atoms with van der Waals surface area (Å²) in [5.74, 6) is -0.242. The van der Waals surface area contributed by atoms with E-state index in [0.717, 1.165) is 5.75 Å². The molecule has 2 aromatic rings. The first-order chi connectivity index (χ1) is 13.4. The van der Waals surface area contributed by atoms with Crippen molar-refractivity contribution in [3.8, 4) is 11.8 Å². The maximum absolute atomic E-state index is 12.4. The molecule has 0 radical (unpaired) electrons. The molecule has 0 atom stereocenters. The van der Waals surface area contributed by atoms with Crippen molar-refractivity contribution in [3.63, 3.8) is 0 Å². The number of hydrogen-bond donors (Lipinski definition) is 1. The highest BCUT2D eigenvalue weighted by molar-refractivity contribution is 6.09. The topological polar surface area (TPSA) is 88.4 Å². The molecule has 1 N–H and O–H groups in total. The van der Waals surface area contributed by atoms with E-state index in [1.807, 2.05) is 13.0 Å². The molecule has 144 valence electrons. The first-order valence-corrected chi connectivity index (χ1v) is 8.90. The molecule has 0 saturated carbocycles. The van der Waals surface area contributed by atoms with Crippen LogP contribution in [0.15, 0.2) is 54.1 Å². The SMILES string of the molecule is CCOc1ccc(/C=C(\C#N)C(=O)Nc2ccc(C(=O)OC(C)C)cc2)cc1. The molecule has 0 bridgehead atoms. The number of rotatable bonds is 7. The standard InChI is InChI=1S/C22H22N2O4/c1-4-27-20-11-5-16(6-12-20)13-18(14-23)21(25)24-19-9-7-17(8-10-19)22(26)28-15(2)3/h5-13,15H,4H2,1-3H3,(H,24,25)/b18-13+. The first kappa shape index (κ1) is 20.7. The lowest BCUT2D eigenvalue weighted by Gasteiger charge is -2.09. The number of benzene rings is 2. The van der Waals surface area contributed by atoms with Gasteiger partial charge in [0.1, 0.15) is 17.4 Å². The van der Waals surface area contributed by atoms with E-state index in [1.54, 1.807) is 62.4 Å². The number of nitriles is 1. The maximum atomic E-state index is 12.4. The summed E-state index contributed by atoms with van der Waals surface area (Å²) in [7, 11) is 0. The number of carbonyl (C=O) groups is 2. The number of hydrogen-bond acceptors (Lipinski definition) is 5. The lowest BCUT2D eigenvalue weighted by atomic mass is 10.1. The van der Waals surface area contributed by atoms with Crippen molar-refractivity contribution in [1.82, 2.24) is 0 Å².